The van der Waals surface area contributed by atoms with Crippen molar-refractivity contribution in [3.63, 3.8) is 0 Å². The Kier molecular flexibility index (Phi) is 7.06. The van der Waals surface area contributed by atoms with Crippen molar-refractivity contribution in [2.24, 2.45) is 5.92 Å². The Morgan fingerprint density at radius 1 is 0.952 bits per heavy atom. The van der Waals surface area contributed by atoms with Gasteiger partial charge in [0.25, 0.3) is 0 Å². The van der Waals surface area contributed by atoms with Crippen LogP contribution in [0, 0.1) is 5.92 Å². The first-order valence-corrected chi connectivity index (χ1v) is 9.11. The van der Waals surface area contributed by atoms with Gasteiger partial charge in [-0.3, -0.25) is 0 Å². The molecule has 1 unspecified atom stereocenters. The number of hydrogen-bond acceptors (Lipinski definition) is 0. The maximum atomic E-state index is 2.50. The molecule has 0 amide bonds. The molecule has 0 bridgehead atoms. The Bertz CT molecular complexity index is 424. The Hall–Kier alpha value is -1.04. The lowest BCUT2D eigenvalue weighted by Crippen LogP contribution is -2.05. The second-order valence-corrected chi connectivity index (χ2v) is 6.67. The molecule has 1 aromatic rings. The van der Waals surface area contributed by atoms with E-state index in [9.17, 15) is 0 Å². The summed E-state index contributed by atoms with van der Waals surface area (Å²) in [6.45, 7) is 4.58. The molecule has 0 saturated carbocycles. The van der Waals surface area contributed by atoms with Crippen LogP contribution in [0.3, 0.4) is 0 Å². The van der Waals surface area contributed by atoms with E-state index in [4.69, 9.17) is 0 Å². The van der Waals surface area contributed by atoms with Gasteiger partial charge in [0, 0.05) is 0 Å². The molecule has 0 aromatic heterocycles. The largest absolute Gasteiger partial charge is 0.0804 e. The third-order valence-corrected chi connectivity index (χ3v) is 4.86. The van der Waals surface area contributed by atoms with Crippen LogP contribution < -0.4 is 0 Å². The predicted octanol–water partition coefficient (Wildman–Crippen LogP) is 6.79. The first-order valence-electron chi connectivity index (χ1n) is 9.11. The standard InChI is InChI=1S/C21H32/c1-3-5-6-7-9-19-12-16-21(17-13-19)20-14-10-18(8-4-2)11-15-20/h12-14,16-18H,3-11,15H2,1-2H3. The molecule has 1 aromatic carbocycles. The fraction of sp³-hybridized carbons (Fsp3) is 0.619. The Morgan fingerprint density at radius 3 is 2.38 bits per heavy atom. The first-order chi connectivity index (χ1) is 10.3. The molecule has 0 nitrogen and oxygen atoms in total. The summed E-state index contributed by atoms with van der Waals surface area (Å²) in [5, 5.41) is 0. The third kappa shape index (κ3) is 5.34. The molecule has 116 valence electrons. The quantitative estimate of drug-likeness (QED) is 0.461. The Labute approximate surface area is 131 Å². The second-order valence-electron chi connectivity index (χ2n) is 6.67. The summed E-state index contributed by atoms with van der Waals surface area (Å²) >= 11 is 0. The van der Waals surface area contributed by atoms with E-state index >= 15 is 0 Å². The molecule has 0 heteroatoms. The fourth-order valence-electron chi connectivity index (χ4n) is 3.46. The van der Waals surface area contributed by atoms with E-state index in [0.717, 1.165) is 5.92 Å². The van der Waals surface area contributed by atoms with E-state index in [0.29, 0.717) is 0 Å². The van der Waals surface area contributed by atoms with E-state index in [2.05, 4.69) is 44.2 Å². The van der Waals surface area contributed by atoms with Gasteiger partial charge < -0.3 is 0 Å². The molecular formula is C21H32. The van der Waals surface area contributed by atoms with Crippen molar-refractivity contribution < 1.29 is 0 Å². The number of allylic oxidation sites excluding steroid dienone is 2. The molecule has 1 atom stereocenters. The summed E-state index contributed by atoms with van der Waals surface area (Å²) in [6.07, 6.45) is 15.9. The summed E-state index contributed by atoms with van der Waals surface area (Å²) in [5.74, 6) is 0.941. The van der Waals surface area contributed by atoms with E-state index in [1.807, 2.05) is 0 Å². The molecule has 2 rings (SSSR count). The molecule has 0 aliphatic heterocycles. The molecule has 0 spiro atoms. The average Bonchev–Trinajstić information content (AvgIpc) is 2.53. The smallest absolute Gasteiger partial charge is 0.0228 e. The van der Waals surface area contributed by atoms with E-state index in [1.54, 1.807) is 5.57 Å². The molecule has 21 heavy (non-hydrogen) atoms. The van der Waals surface area contributed by atoms with Crippen molar-refractivity contribution in [1.82, 2.24) is 0 Å². The van der Waals surface area contributed by atoms with Crippen LogP contribution in [-0.4, -0.2) is 0 Å². The van der Waals surface area contributed by atoms with Gasteiger partial charge in [-0.15, -0.1) is 0 Å². The minimum atomic E-state index is 0.941. The predicted molar refractivity (Wildman–Crippen MR) is 94.5 cm³/mol. The minimum Gasteiger partial charge on any atom is -0.0804 e. The first kappa shape index (κ1) is 16.3. The van der Waals surface area contributed by atoms with Crippen LogP contribution in [0.1, 0.15) is 82.8 Å². The number of rotatable bonds is 8. The molecule has 0 radical (unpaired) electrons. The van der Waals surface area contributed by atoms with Crippen molar-refractivity contribution in [3.8, 4) is 0 Å². The van der Waals surface area contributed by atoms with E-state index < -0.39 is 0 Å². The van der Waals surface area contributed by atoms with Crippen LogP contribution in [0.4, 0.5) is 0 Å². The maximum Gasteiger partial charge on any atom is -0.0228 e. The molecule has 0 heterocycles. The van der Waals surface area contributed by atoms with E-state index in [1.165, 1.54) is 75.3 Å². The number of unbranched alkanes of at least 4 members (excludes halogenated alkanes) is 3. The van der Waals surface area contributed by atoms with Gasteiger partial charge in [0.15, 0.2) is 0 Å². The zero-order valence-electron chi connectivity index (χ0n) is 14.0. The van der Waals surface area contributed by atoms with Gasteiger partial charge in [0.05, 0.1) is 0 Å². The molecule has 1 aliphatic rings. The normalized spacial score (nSPS) is 18.6. The van der Waals surface area contributed by atoms with Crippen molar-refractivity contribution >= 4 is 5.57 Å². The van der Waals surface area contributed by atoms with Crippen LogP contribution in [-0.2, 0) is 6.42 Å². The zero-order valence-corrected chi connectivity index (χ0v) is 14.0. The number of aryl methyl sites for hydroxylation is 1. The molecule has 1 aliphatic carbocycles. The SMILES string of the molecule is CCCCCCc1ccc(C2=CCC(CCC)CC2)cc1. The third-order valence-electron chi connectivity index (χ3n) is 4.86. The lowest BCUT2D eigenvalue weighted by atomic mass is 9.84. The van der Waals surface area contributed by atoms with E-state index in [-0.39, 0.29) is 0 Å². The highest BCUT2D eigenvalue weighted by Crippen LogP contribution is 2.32. The molecule has 0 N–H and O–H groups in total. The van der Waals surface area contributed by atoms with Crippen LogP contribution in [0.5, 0.6) is 0 Å². The second kappa shape index (κ2) is 9.07. The van der Waals surface area contributed by atoms with Gasteiger partial charge in [0.2, 0.25) is 0 Å². The van der Waals surface area contributed by atoms with Crippen LogP contribution >= 0.6 is 0 Å². The van der Waals surface area contributed by atoms with Crippen molar-refractivity contribution in [3.05, 3.63) is 41.5 Å². The van der Waals surface area contributed by atoms with Crippen molar-refractivity contribution in [2.45, 2.75) is 78.1 Å². The zero-order chi connectivity index (χ0) is 14.9. The Morgan fingerprint density at radius 2 is 1.76 bits per heavy atom. The highest BCUT2D eigenvalue weighted by Gasteiger charge is 2.14. The highest BCUT2D eigenvalue weighted by atomic mass is 14.2. The molecule has 0 fully saturated rings. The summed E-state index contributed by atoms with van der Waals surface area (Å²) < 4.78 is 0. The fourth-order valence-corrected chi connectivity index (χ4v) is 3.46. The maximum absolute atomic E-state index is 2.50. The monoisotopic (exact) mass is 284 g/mol. The van der Waals surface area contributed by atoms with Gasteiger partial charge >= 0.3 is 0 Å². The summed E-state index contributed by atoms with van der Waals surface area (Å²) in [4.78, 5) is 0. The summed E-state index contributed by atoms with van der Waals surface area (Å²) in [6, 6.07) is 9.39. The topological polar surface area (TPSA) is 0 Å². The average molecular weight is 284 g/mol. The lowest BCUT2D eigenvalue weighted by Gasteiger charge is -2.21. The van der Waals surface area contributed by atoms with Crippen LogP contribution in [0.2, 0.25) is 0 Å². The van der Waals surface area contributed by atoms with Crippen LogP contribution in [0.25, 0.3) is 5.57 Å². The Balaban J connectivity index is 1.84. The van der Waals surface area contributed by atoms with Crippen LogP contribution in [0.15, 0.2) is 30.3 Å². The van der Waals surface area contributed by atoms with Gasteiger partial charge in [-0.1, -0.05) is 76.3 Å². The van der Waals surface area contributed by atoms with Gasteiger partial charge in [-0.2, -0.15) is 0 Å². The van der Waals surface area contributed by atoms with Crippen molar-refractivity contribution in [1.29, 1.82) is 0 Å². The highest BCUT2D eigenvalue weighted by molar-refractivity contribution is 5.66. The summed E-state index contributed by atoms with van der Waals surface area (Å²) in [5.41, 5.74) is 4.55. The number of hydrogen-bond donors (Lipinski definition) is 0. The summed E-state index contributed by atoms with van der Waals surface area (Å²) in [7, 11) is 0. The minimum absolute atomic E-state index is 0.941. The van der Waals surface area contributed by atoms with Gasteiger partial charge in [-0.05, 0) is 54.7 Å². The molecular weight excluding hydrogens is 252 g/mol. The number of benzene rings is 1. The van der Waals surface area contributed by atoms with Gasteiger partial charge in [0.1, 0.15) is 0 Å². The van der Waals surface area contributed by atoms with Gasteiger partial charge in [-0.25, -0.2) is 0 Å². The molecule has 0 saturated heterocycles. The lowest BCUT2D eigenvalue weighted by molar-refractivity contribution is 0.445. The van der Waals surface area contributed by atoms with Crippen molar-refractivity contribution in [2.75, 3.05) is 0 Å².